The quantitative estimate of drug-likeness (QED) is 0.297. The number of amides is 1. The monoisotopic (exact) mass is 409 g/mol. The fourth-order valence-electron chi connectivity index (χ4n) is 3.07. The Morgan fingerprint density at radius 2 is 1.97 bits per heavy atom. The highest BCUT2D eigenvalue weighted by atomic mass is 19.1. The number of hydrogen-bond donors (Lipinski definition) is 3. The van der Waals surface area contributed by atoms with E-state index in [1.807, 2.05) is 19.1 Å². The summed E-state index contributed by atoms with van der Waals surface area (Å²) < 4.78 is 23.7. The van der Waals surface area contributed by atoms with E-state index in [0.29, 0.717) is 45.4 Å². The fourth-order valence-corrected chi connectivity index (χ4v) is 3.07. The van der Waals surface area contributed by atoms with Crippen LogP contribution in [0.4, 0.5) is 4.39 Å². The van der Waals surface area contributed by atoms with Crippen molar-refractivity contribution in [3.8, 4) is 0 Å². The molecule has 1 aromatic carbocycles. The first kappa shape index (κ1) is 23.1. The molecule has 1 amide bonds. The number of methoxy groups -OCH3 is 1. The zero-order valence-electron chi connectivity index (χ0n) is 17.2. The molecule has 0 aliphatic carbocycles. The molecule has 8 nitrogen and oxygen atoms in total. The number of guanidine groups is 1. The maximum Gasteiger partial charge on any atom is 0.241 e. The molecule has 1 saturated heterocycles. The normalized spacial score (nSPS) is 16.3. The topological polar surface area (TPSA) is 87.2 Å². The van der Waals surface area contributed by atoms with Crippen LogP contribution in [0.15, 0.2) is 29.3 Å². The maximum absolute atomic E-state index is 13.4. The van der Waals surface area contributed by atoms with Crippen molar-refractivity contribution in [3.05, 3.63) is 35.6 Å². The first-order valence-corrected chi connectivity index (χ1v) is 9.99. The summed E-state index contributed by atoms with van der Waals surface area (Å²) in [5.74, 6) is 0.147. The molecule has 1 atom stereocenters. The van der Waals surface area contributed by atoms with Crippen LogP contribution in [0.25, 0.3) is 0 Å². The van der Waals surface area contributed by atoms with Crippen LogP contribution in [0, 0.1) is 5.82 Å². The number of nitrogens with one attached hydrogen (secondary N) is 3. The van der Waals surface area contributed by atoms with Gasteiger partial charge in [-0.15, -0.1) is 0 Å². The average Bonchev–Trinajstić information content (AvgIpc) is 2.74. The Labute approximate surface area is 171 Å². The van der Waals surface area contributed by atoms with E-state index >= 15 is 0 Å². The Kier molecular flexibility index (Phi) is 10.4. The summed E-state index contributed by atoms with van der Waals surface area (Å²) in [6.07, 6.45) is 0. The minimum Gasteiger partial charge on any atom is -0.383 e. The Morgan fingerprint density at radius 1 is 1.24 bits per heavy atom. The van der Waals surface area contributed by atoms with Gasteiger partial charge in [0.2, 0.25) is 5.91 Å². The maximum atomic E-state index is 13.4. The number of carbonyl (C=O) groups excluding carboxylic acids is 1. The van der Waals surface area contributed by atoms with Crippen LogP contribution in [0.3, 0.4) is 0 Å². The number of ether oxygens (including phenoxy) is 2. The first-order valence-electron chi connectivity index (χ1n) is 9.99. The lowest BCUT2D eigenvalue weighted by molar-refractivity contribution is -0.119. The summed E-state index contributed by atoms with van der Waals surface area (Å²) in [5.41, 5.74) is 1.02. The van der Waals surface area contributed by atoms with E-state index < -0.39 is 0 Å². The molecule has 29 heavy (non-hydrogen) atoms. The number of rotatable bonds is 10. The van der Waals surface area contributed by atoms with Crippen LogP contribution in [-0.2, 0) is 14.3 Å². The third-order valence-corrected chi connectivity index (χ3v) is 4.56. The zero-order chi connectivity index (χ0) is 20.9. The number of nitrogens with zero attached hydrogens (tertiary/aromatic N) is 2. The van der Waals surface area contributed by atoms with Gasteiger partial charge in [-0.3, -0.25) is 9.69 Å². The lowest BCUT2D eigenvalue weighted by atomic mass is 10.0. The van der Waals surface area contributed by atoms with Gasteiger partial charge >= 0.3 is 0 Å². The number of aliphatic imine (C=N–C) groups is 1. The van der Waals surface area contributed by atoms with Crippen LogP contribution in [-0.4, -0.2) is 83.0 Å². The highest BCUT2D eigenvalue weighted by Crippen LogP contribution is 2.21. The second-order valence-corrected chi connectivity index (χ2v) is 6.63. The van der Waals surface area contributed by atoms with Gasteiger partial charge in [-0.05, 0) is 24.6 Å². The van der Waals surface area contributed by atoms with Crippen LogP contribution in [0.2, 0.25) is 0 Å². The van der Waals surface area contributed by atoms with E-state index in [9.17, 15) is 9.18 Å². The van der Waals surface area contributed by atoms with Crippen LogP contribution in [0.1, 0.15) is 18.5 Å². The van der Waals surface area contributed by atoms with Crippen molar-refractivity contribution in [1.82, 2.24) is 20.9 Å². The second kappa shape index (κ2) is 13.1. The van der Waals surface area contributed by atoms with E-state index in [1.165, 1.54) is 12.1 Å². The lowest BCUT2D eigenvalue weighted by Gasteiger charge is -2.35. The number of carbonyl (C=O) groups is 1. The Hall–Kier alpha value is -2.23. The smallest absolute Gasteiger partial charge is 0.241 e. The molecule has 3 N–H and O–H groups in total. The van der Waals surface area contributed by atoms with Crippen molar-refractivity contribution < 1.29 is 18.7 Å². The second-order valence-electron chi connectivity index (χ2n) is 6.63. The molecule has 1 heterocycles. The summed E-state index contributed by atoms with van der Waals surface area (Å²) in [6, 6.07) is 6.62. The highest BCUT2D eigenvalue weighted by Gasteiger charge is 2.23. The third kappa shape index (κ3) is 8.35. The molecule has 2 rings (SSSR count). The van der Waals surface area contributed by atoms with Gasteiger partial charge in [0.25, 0.3) is 0 Å². The molecule has 1 aliphatic rings. The largest absolute Gasteiger partial charge is 0.383 e. The van der Waals surface area contributed by atoms with Gasteiger partial charge in [0.1, 0.15) is 12.4 Å². The molecule has 1 unspecified atom stereocenters. The Balaban J connectivity index is 2.00. The average molecular weight is 410 g/mol. The molecule has 162 valence electrons. The van der Waals surface area contributed by atoms with E-state index in [2.05, 4.69) is 25.8 Å². The summed E-state index contributed by atoms with van der Waals surface area (Å²) in [6.45, 7) is 7.12. The van der Waals surface area contributed by atoms with Crippen molar-refractivity contribution in [3.63, 3.8) is 0 Å². The molecule has 1 aromatic rings. The molecule has 0 saturated carbocycles. The van der Waals surface area contributed by atoms with Gasteiger partial charge in [0.05, 0.1) is 25.9 Å². The van der Waals surface area contributed by atoms with Crippen LogP contribution < -0.4 is 16.0 Å². The predicted molar refractivity (Wildman–Crippen MR) is 110 cm³/mol. The third-order valence-electron chi connectivity index (χ3n) is 4.56. The number of hydrogen-bond acceptors (Lipinski definition) is 5. The number of halogens is 1. The molecule has 0 bridgehead atoms. The Bertz CT molecular complexity index is 636. The van der Waals surface area contributed by atoms with Crippen molar-refractivity contribution in [1.29, 1.82) is 0 Å². The molecule has 0 radical (unpaired) electrons. The summed E-state index contributed by atoms with van der Waals surface area (Å²) >= 11 is 0. The van der Waals surface area contributed by atoms with Crippen molar-refractivity contribution in [2.24, 2.45) is 4.99 Å². The number of benzene rings is 1. The zero-order valence-corrected chi connectivity index (χ0v) is 17.2. The summed E-state index contributed by atoms with van der Waals surface area (Å²) in [4.78, 5) is 18.5. The van der Waals surface area contributed by atoms with Crippen LogP contribution >= 0.6 is 0 Å². The molecule has 0 spiro atoms. The van der Waals surface area contributed by atoms with Crippen molar-refractivity contribution >= 4 is 11.9 Å². The SMILES string of the molecule is CCNC(=NCC(=O)NCCOC)NCC(c1ccc(F)cc1)N1CCOCC1. The van der Waals surface area contributed by atoms with Gasteiger partial charge in [0, 0.05) is 39.8 Å². The Morgan fingerprint density at radius 3 is 2.62 bits per heavy atom. The molecular weight excluding hydrogens is 377 g/mol. The fraction of sp³-hybridized carbons (Fsp3) is 0.600. The van der Waals surface area contributed by atoms with Crippen LogP contribution in [0.5, 0.6) is 0 Å². The molecule has 0 aromatic heterocycles. The van der Waals surface area contributed by atoms with Gasteiger partial charge in [0.15, 0.2) is 5.96 Å². The van der Waals surface area contributed by atoms with E-state index in [-0.39, 0.29) is 24.3 Å². The predicted octanol–water partition coefficient (Wildman–Crippen LogP) is 0.517. The lowest BCUT2D eigenvalue weighted by Crippen LogP contribution is -2.46. The highest BCUT2D eigenvalue weighted by molar-refractivity contribution is 5.84. The summed E-state index contributed by atoms with van der Waals surface area (Å²) in [7, 11) is 1.59. The molecule has 1 aliphatic heterocycles. The minimum atomic E-state index is -0.253. The van der Waals surface area contributed by atoms with E-state index in [1.54, 1.807) is 7.11 Å². The first-order chi connectivity index (χ1) is 14.1. The van der Waals surface area contributed by atoms with Gasteiger partial charge in [-0.2, -0.15) is 0 Å². The van der Waals surface area contributed by atoms with Crippen molar-refractivity contribution in [2.75, 3.05) is 66.2 Å². The standard InChI is InChI=1S/C20H32FN5O3/c1-3-22-20(25-15-19(27)23-8-11-28-2)24-14-18(26-9-12-29-13-10-26)16-4-6-17(21)7-5-16/h4-7,18H,3,8-15H2,1-2H3,(H,23,27)(H2,22,24,25). The van der Waals surface area contributed by atoms with Gasteiger partial charge in [-0.25, -0.2) is 9.38 Å². The minimum absolute atomic E-state index is 0.0256. The molecule has 1 fully saturated rings. The van der Waals surface area contributed by atoms with Crippen molar-refractivity contribution in [2.45, 2.75) is 13.0 Å². The molecule has 9 heteroatoms. The van der Waals surface area contributed by atoms with Gasteiger partial charge < -0.3 is 25.4 Å². The van der Waals surface area contributed by atoms with Gasteiger partial charge in [-0.1, -0.05) is 12.1 Å². The van der Waals surface area contributed by atoms with E-state index in [4.69, 9.17) is 9.47 Å². The molecular formula is C20H32FN5O3. The summed E-state index contributed by atoms with van der Waals surface area (Å²) in [5, 5.41) is 9.21. The van der Waals surface area contributed by atoms with E-state index in [0.717, 1.165) is 18.7 Å². The number of morpholine rings is 1.